The fourth-order valence-corrected chi connectivity index (χ4v) is 3.86. The van der Waals surface area contributed by atoms with Gasteiger partial charge in [0.2, 0.25) is 0 Å². The first-order valence-electron chi connectivity index (χ1n) is 8.84. The Morgan fingerprint density at radius 3 is 2.71 bits per heavy atom. The Morgan fingerprint density at radius 1 is 1.33 bits per heavy atom. The number of carbonyl (C=O) groups excluding carboxylic acids is 1. The third kappa shape index (κ3) is 3.90. The molecule has 3 atom stereocenters. The van der Waals surface area contributed by atoms with Gasteiger partial charge in [-0.25, -0.2) is 0 Å². The maximum absolute atomic E-state index is 12.7. The molecule has 1 amide bonds. The second-order valence-corrected chi connectivity index (χ2v) is 7.02. The van der Waals surface area contributed by atoms with Crippen LogP contribution >= 0.6 is 0 Å². The molecule has 132 valence electrons. The maximum atomic E-state index is 12.7. The van der Waals surface area contributed by atoms with Gasteiger partial charge in [-0.15, -0.1) is 0 Å². The van der Waals surface area contributed by atoms with Crippen LogP contribution in [0.2, 0.25) is 0 Å². The predicted molar refractivity (Wildman–Crippen MR) is 93.0 cm³/mol. The van der Waals surface area contributed by atoms with Gasteiger partial charge in [-0.3, -0.25) is 4.79 Å². The van der Waals surface area contributed by atoms with Crippen molar-refractivity contribution in [3.63, 3.8) is 0 Å². The fraction of sp³-hybridized carbons (Fsp3) is 0.632. The van der Waals surface area contributed by atoms with E-state index >= 15 is 0 Å². The number of likely N-dealkylation sites (N-methyl/N-ethyl adjacent to an activating group) is 1. The van der Waals surface area contributed by atoms with Gasteiger partial charge in [-0.1, -0.05) is 12.1 Å². The number of nitrogens with zero attached hydrogens (tertiary/aromatic N) is 1. The molecule has 1 N–H and O–H groups in total. The van der Waals surface area contributed by atoms with Crippen molar-refractivity contribution in [2.75, 3.05) is 14.2 Å². The van der Waals surface area contributed by atoms with E-state index in [-0.39, 0.29) is 5.91 Å². The number of hydrogen-bond donors (Lipinski definition) is 1. The molecule has 5 nitrogen and oxygen atoms in total. The number of carbonyl (C=O) groups is 1. The van der Waals surface area contributed by atoms with E-state index in [1.807, 2.05) is 43.1 Å². The highest BCUT2D eigenvalue weighted by Gasteiger charge is 2.37. The molecule has 2 aliphatic rings. The van der Waals surface area contributed by atoms with E-state index in [4.69, 9.17) is 9.47 Å². The lowest BCUT2D eigenvalue weighted by Crippen LogP contribution is -2.50. The van der Waals surface area contributed by atoms with E-state index in [2.05, 4.69) is 5.32 Å². The van der Waals surface area contributed by atoms with Crippen LogP contribution in [0.4, 0.5) is 0 Å². The summed E-state index contributed by atoms with van der Waals surface area (Å²) in [6.45, 7) is 2.25. The normalized spacial score (nSPS) is 26.9. The third-order valence-corrected chi connectivity index (χ3v) is 5.33. The Bertz CT molecular complexity index is 565. The smallest absolute Gasteiger partial charge is 0.251 e. The van der Waals surface area contributed by atoms with Gasteiger partial charge in [-0.05, 0) is 50.3 Å². The van der Waals surface area contributed by atoms with E-state index in [1.165, 1.54) is 12.8 Å². The molecule has 0 saturated carbocycles. The van der Waals surface area contributed by atoms with E-state index in [1.54, 1.807) is 7.11 Å². The first-order valence-corrected chi connectivity index (χ1v) is 8.84. The zero-order chi connectivity index (χ0) is 17.1. The second kappa shape index (κ2) is 7.53. The van der Waals surface area contributed by atoms with E-state index in [0.29, 0.717) is 24.7 Å². The molecule has 0 aromatic heterocycles. The Morgan fingerprint density at radius 2 is 2.04 bits per heavy atom. The molecule has 2 saturated heterocycles. The summed E-state index contributed by atoms with van der Waals surface area (Å²) < 4.78 is 11.0. The van der Waals surface area contributed by atoms with Crippen LogP contribution in [0.3, 0.4) is 0 Å². The summed E-state index contributed by atoms with van der Waals surface area (Å²) in [5.41, 5.74) is 1.01. The van der Waals surface area contributed by atoms with Gasteiger partial charge in [-0.2, -0.15) is 0 Å². The van der Waals surface area contributed by atoms with Crippen molar-refractivity contribution in [3.05, 3.63) is 29.8 Å². The topological polar surface area (TPSA) is 50.8 Å². The fourth-order valence-electron chi connectivity index (χ4n) is 3.86. The standard InChI is InChI=1S/C19H28N2O3/c1-13(24-12-14-5-4-6-18(9-14)23-3)19(22)21(2)17-10-15-7-8-16(11-17)20-15/h4-6,9,13,15-17,20H,7-8,10-12H2,1-3H3. The molecule has 1 aromatic rings. The number of piperidine rings is 1. The minimum Gasteiger partial charge on any atom is -0.497 e. The molecule has 3 unspecified atom stereocenters. The minimum absolute atomic E-state index is 0.0733. The van der Waals surface area contributed by atoms with Gasteiger partial charge in [0.1, 0.15) is 11.9 Å². The molecule has 0 radical (unpaired) electrons. The summed E-state index contributed by atoms with van der Waals surface area (Å²) in [4.78, 5) is 14.6. The minimum atomic E-state index is -0.436. The lowest BCUT2D eigenvalue weighted by molar-refractivity contribution is -0.144. The highest BCUT2D eigenvalue weighted by molar-refractivity contribution is 5.80. The van der Waals surface area contributed by atoms with Crippen molar-refractivity contribution in [2.45, 2.75) is 63.4 Å². The highest BCUT2D eigenvalue weighted by atomic mass is 16.5. The van der Waals surface area contributed by atoms with Crippen molar-refractivity contribution < 1.29 is 14.3 Å². The number of amides is 1. The molecule has 2 aliphatic heterocycles. The van der Waals surface area contributed by atoms with E-state index in [0.717, 1.165) is 24.2 Å². The van der Waals surface area contributed by atoms with Crippen LogP contribution in [0.15, 0.2) is 24.3 Å². The number of ether oxygens (including phenoxy) is 2. The van der Waals surface area contributed by atoms with Crippen LogP contribution in [0.5, 0.6) is 5.75 Å². The first kappa shape index (κ1) is 17.2. The summed E-state index contributed by atoms with van der Waals surface area (Å²) in [5.74, 6) is 0.876. The van der Waals surface area contributed by atoms with Crippen molar-refractivity contribution >= 4 is 5.91 Å². The molecule has 24 heavy (non-hydrogen) atoms. The lowest BCUT2D eigenvalue weighted by atomic mass is 9.98. The lowest BCUT2D eigenvalue weighted by Gasteiger charge is -2.36. The molecule has 2 heterocycles. The number of benzene rings is 1. The molecule has 0 aliphatic carbocycles. The average molecular weight is 332 g/mol. The zero-order valence-electron chi connectivity index (χ0n) is 14.8. The number of methoxy groups -OCH3 is 1. The Hall–Kier alpha value is -1.59. The Kier molecular flexibility index (Phi) is 5.41. The van der Waals surface area contributed by atoms with Crippen LogP contribution in [-0.2, 0) is 16.1 Å². The number of fused-ring (bicyclic) bond motifs is 2. The van der Waals surface area contributed by atoms with E-state index < -0.39 is 6.10 Å². The highest BCUT2D eigenvalue weighted by Crippen LogP contribution is 2.29. The van der Waals surface area contributed by atoms with Crippen LogP contribution in [-0.4, -0.2) is 49.2 Å². The maximum Gasteiger partial charge on any atom is 0.251 e. The van der Waals surface area contributed by atoms with Gasteiger partial charge in [0.05, 0.1) is 13.7 Å². The number of rotatable bonds is 6. The van der Waals surface area contributed by atoms with Crippen molar-refractivity contribution in [2.24, 2.45) is 0 Å². The van der Waals surface area contributed by atoms with E-state index in [9.17, 15) is 4.79 Å². The van der Waals surface area contributed by atoms with Gasteiger partial charge in [0.25, 0.3) is 5.91 Å². The summed E-state index contributed by atoms with van der Waals surface area (Å²) in [5, 5.41) is 3.62. The first-order chi connectivity index (χ1) is 11.6. The molecule has 3 rings (SSSR count). The Labute approximate surface area is 144 Å². The average Bonchev–Trinajstić information content (AvgIpc) is 2.96. The molecular formula is C19H28N2O3. The molecule has 2 bridgehead atoms. The van der Waals surface area contributed by atoms with Crippen LogP contribution in [0.25, 0.3) is 0 Å². The predicted octanol–water partition coefficient (Wildman–Crippen LogP) is 2.34. The van der Waals surface area contributed by atoms with Crippen molar-refractivity contribution in [3.8, 4) is 5.75 Å². The van der Waals surface area contributed by atoms with Crippen molar-refractivity contribution in [1.82, 2.24) is 10.2 Å². The number of nitrogens with one attached hydrogen (secondary N) is 1. The molecule has 1 aromatic carbocycles. The molecule has 0 spiro atoms. The van der Waals surface area contributed by atoms with Gasteiger partial charge >= 0.3 is 0 Å². The van der Waals surface area contributed by atoms with Crippen LogP contribution < -0.4 is 10.1 Å². The van der Waals surface area contributed by atoms with Gasteiger partial charge in [0, 0.05) is 25.2 Å². The summed E-state index contributed by atoms with van der Waals surface area (Å²) in [7, 11) is 3.57. The van der Waals surface area contributed by atoms with Crippen LogP contribution in [0.1, 0.15) is 38.2 Å². The van der Waals surface area contributed by atoms with Crippen LogP contribution in [0, 0.1) is 0 Å². The second-order valence-electron chi connectivity index (χ2n) is 7.02. The summed E-state index contributed by atoms with van der Waals surface area (Å²) >= 11 is 0. The molecule has 5 heteroatoms. The SMILES string of the molecule is COc1cccc(COC(C)C(=O)N(C)C2CC3CCC(C2)N3)c1. The summed E-state index contributed by atoms with van der Waals surface area (Å²) in [6, 6.07) is 9.24. The number of hydrogen-bond acceptors (Lipinski definition) is 4. The molecular weight excluding hydrogens is 304 g/mol. The zero-order valence-corrected chi connectivity index (χ0v) is 14.8. The van der Waals surface area contributed by atoms with Gasteiger partial charge in [0.15, 0.2) is 0 Å². The Balaban J connectivity index is 1.52. The third-order valence-electron chi connectivity index (χ3n) is 5.33. The monoisotopic (exact) mass is 332 g/mol. The summed E-state index contributed by atoms with van der Waals surface area (Å²) in [6.07, 6.45) is 4.16. The molecule has 2 fully saturated rings. The van der Waals surface area contributed by atoms with Gasteiger partial charge < -0.3 is 19.7 Å². The quantitative estimate of drug-likeness (QED) is 0.869. The van der Waals surface area contributed by atoms with Crippen molar-refractivity contribution in [1.29, 1.82) is 0 Å². The largest absolute Gasteiger partial charge is 0.497 e.